The Morgan fingerprint density at radius 2 is 2.46 bits per heavy atom. The number of nitrogens with one attached hydrogen (secondary N) is 1. The van der Waals surface area contributed by atoms with Gasteiger partial charge in [-0.15, -0.1) is 0 Å². The first kappa shape index (κ1) is 8.97. The second-order valence-corrected chi connectivity index (χ2v) is 4.19. The second-order valence-electron chi connectivity index (χ2n) is 4.19. The number of rotatable bonds is 2. The van der Waals surface area contributed by atoms with E-state index in [1.165, 1.54) is 12.8 Å². The topological polar surface area (TPSA) is 58.4 Å². The molecule has 0 aromatic rings. The third kappa shape index (κ3) is 2.19. The van der Waals surface area contributed by atoms with Crippen LogP contribution in [0.4, 0.5) is 0 Å². The number of hydrogen-bond acceptors (Lipinski definition) is 3. The van der Waals surface area contributed by atoms with Crippen LogP contribution >= 0.6 is 0 Å². The molecule has 74 valence electrons. The van der Waals surface area contributed by atoms with E-state index in [-0.39, 0.29) is 11.9 Å². The first-order valence-electron chi connectivity index (χ1n) is 5.03. The molecule has 1 amide bonds. The Labute approximate surface area is 78.4 Å². The quantitative estimate of drug-likeness (QED) is 0.626. The molecule has 0 aromatic heterocycles. The lowest BCUT2D eigenvalue weighted by Gasteiger charge is -2.42. The molecular weight excluding hydrogens is 166 g/mol. The number of primary amides is 1. The van der Waals surface area contributed by atoms with E-state index >= 15 is 0 Å². The predicted octanol–water partition coefficient (Wildman–Crippen LogP) is -0.149. The predicted molar refractivity (Wildman–Crippen MR) is 49.6 cm³/mol. The molecule has 0 aliphatic carbocycles. The van der Waals surface area contributed by atoms with Crippen molar-refractivity contribution in [2.24, 2.45) is 11.7 Å². The van der Waals surface area contributed by atoms with Crippen LogP contribution < -0.4 is 11.2 Å². The van der Waals surface area contributed by atoms with Gasteiger partial charge in [-0.2, -0.15) is 0 Å². The number of hydrogen-bond donors (Lipinski definition) is 2. The molecule has 13 heavy (non-hydrogen) atoms. The number of nitrogens with two attached hydrogens (primary N) is 1. The minimum Gasteiger partial charge on any atom is -0.370 e. The van der Waals surface area contributed by atoms with Crippen molar-refractivity contribution >= 4 is 5.91 Å². The fourth-order valence-electron chi connectivity index (χ4n) is 2.46. The Morgan fingerprint density at radius 1 is 1.62 bits per heavy atom. The average Bonchev–Trinajstić information content (AvgIpc) is 2.01. The minimum absolute atomic E-state index is 0.196. The fraction of sp³-hybridized carbons (Fsp3) is 0.889. The third-order valence-electron chi connectivity index (χ3n) is 2.95. The second kappa shape index (κ2) is 3.64. The molecule has 4 nitrogen and oxygen atoms in total. The number of fused-ring (bicyclic) bond motifs is 2. The number of piperidine rings is 1. The van der Waals surface area contributed by atoms with Crippen molar-refractivity contribution in [1.82, 2.24) is 10.4 Å². The van der Waals surface area contributed by atoms with Crippen LogP contribution in [-0.2, 0) is 4.79 Å². The standard InChI is InChI=1S/C9H17N3O/c10-9(13)5-8-4-7-2-1-3-12(6-7)11-8/h7-8,11H,1-6H2,(H2,10,13). The summed E-state index contributed by atoms with van der Waals surface area (Å²) < 4.78 is 0. The molecule has 0 saturated carbocycles. The third-order valence-corrected chi connectivity index (χ3v) is 2.95. The van der Waals surface area contributed by atoms with Crippen molar-refractivity contribution in [3.8, 4) is 0 Å². The number of carbonyl (C=O) groups is 1. The summed E-state index contributed by atoms with van der Waals surface area (Å²) in [4.78, 5) is 10.8. The molecule has 2 heterocycles. The molecule has 2 bridgehead atoms. The molecule has 3 atom stereocenters. The monoisotopic (exact) mass is 183 g/mol. The highest BCUT2D eigenvalue weighted by molar-refractivity contribution is 5.74. The number of carbonyl (C=O) groups excluding carboxylic acids is 1. The highest BCUT2D eigenvalue weighted by atomic mass is 16.1. The van der Waals surface area contributed by atoms with E-state index < -0.39 is 0 Å². The molecule has 2 rings (SSSR count). The highest BCUT2D eigenvalue weighted by Crippen LogP contribution is 2.25. The van der Waals surface area contributed by atoms with E-state index in [0.717, 1.165) is 25.4 Å². The van der Waals surface area contributed by atoms with Gasteiger partial charge in [0.2, 0.25) is 5.91 Å². The van der Waals surface area contributed by atoms with E-state index in [9.17, 15) is 4.79 Å². The lowest BCUT2D eigenvalue weighted by Crippen LogP contribution is -2.56. The van der Waals surface area contributed by atoms with Crippen molar-refractivity contribution < 1.29 is 4.79 Å². The van der Waals surface area contributed by atoms with Gasteiger partial charge < -0.3 is 5.73 Å². The zero-order valence-corrected chi connectivity index (χ0v) is 7.83. The first-order valence-corrected chi connectivity index (χ1v) is 5.03. The molecule has 4 heteroatoms. The van der Waals surface area contributed by atoms with Gasteiger partial charge in [0, 0.05) is 25.6 Å². The van der Waals surface area contributed by atoms with Crippen LogP contribution in [-0.4, -0.2) is 30.0 Å². The van der Waals surface area contributed by atoms with Crippen LogP contribution in [0, 0.1) is 5.92 Å². The molecule has 2 fully saturated rings. The van der Waals surface area contributed by atoms with Gasteiger partial charge in [0.25, 0.3) is 0 Å². The smallest absolute Gasteiger partial charge is 0.219 e. The summed E-state index contributed by atoms with van der Waals surface area (Å²) in [6.07, 6.45) is 4.18. The van der Waals surface area contributed by atoms with Crippen molar-refractivity contribution in [3.05, 3.63) is 0 Å². The molecule has 0 spiro atoms. The first-order chi connectivity index (χ1) is 6.24. The zero-order chi connectivity index (χ0) is 9.26. The molecule has 3 N–H and O–H groups in total. The maximum atomic E-state index is 10.8. The minimum atomic E-state index is -0.196. The lowest BCUT2D eigenvalue weighted by molar-refractivity contribution is -0.119. The largest absolute Gasteiger partial charge is 0.370 e. The van der Waals surface area contributed by atoms with Crippen LogP contribution in [0.25, 0.3) is 0 Å². The van der Waals surface area contributed by atoms with Crippen molar-refractivity contribution in [2.75, 3.05) is 13.1 Å². The van der Waals surface area contributed by atoms with Gasteiger partial charge in [-0.25, -0.2) is 5.01 Å². The molecular formula is C9H17N3O. The Bertz CT molecular complexity index is 195. The van der Waals surface area contributed by atoms with Crippen molar-refractivity contribution in [2.45, 2.75) is 31.7 Å². The Morgan fingerprint density at radius 3 is 3.15 bits per heavy atom. The molecule has 2 aliphatic rings. The van der Waals surface area contributed by atoms with Crippen LogP contribution in [0.1, 0.15) is 25.7 Å². The van der Waals surface area contributed by atoms with Gasteiger partial charge in [0.1, 0.15) is 0 Å². The van der Waals surface area contributed by atoms with Gasteiger partial charge in [0.15, 0.2) is 0 Å². The van der Waals surface area contributed by atoms with Crippen molar-refractivity contribution in [3.63, 3.8) is 0 Å². The summed E-state index contributed by atoms with van der Waals surface area (Å²) >= 11 is 0. The average molecular weight is 183 g/mol. The molecule has 3 unspecified atom stereocenters. The number of amides is 1. The summed E-state index contributed by atoms with van der Waals surface area (Å²) in [6.45, 7) is 2.26. The van der Waals surface area contributed by atoms with E-state index in [2.05, 4.69) is 10.4 Å². The fourth-order valence-corrected chi connectivity index (χ4v) is 2.46. The van der Waals surface area contributed by atoms with E-state index in [1.807, 2.05) is 0 Å². The van der Waals surface area contributed by atoms with Gasteiger partial charge in [-0.05, 0) is 25.2 Å². The number of hydrazine groups is 1. The molecule has 2 aliphatic heterocycles. The maximum Gasteiger partial charge on any atom is 0.219 e. The van der Waals surface area contributed by atoms with Crippen LogP contribution in [0.3, 0.4) is 0 Å². The van der Waals surface area contributed by atoms with Gasteiger partial charge >= 0.3 is 0 Å². The van der Waals surface area contributed by atoms with Crippen LogP contribution in [0.2, 0.25) is 0 Å². The van der Waals surface area contributed by atoms with E-state index in [0.29, 0.717) is 6.42 Å². The Kier molecular flexibility index (Phi) is 2.51. The van der Waals surface area contributed by atoms with E-state index in [4.69, 9.17) is 5.73 Å². The van der Waals surface area contributed by atoms with Crippen LogP contribution in [0.15, 0.2) is 0 Å². The molecule has 0 radical (unpaired) electrons. The normalized spacial score (nSPS) is 38.6. The summed E-state index contributed by atoms with van der Waals surface area (Å²) in [7, 11) is 0. The van der Waals surface area contributed by atoms with Crippen molar-refractivity contribution in [1.29, 1.82) is 0 Å². The Hall–Kier alpha value is -0.610. The number of nitrogens with zero attached hydrogens (tertiary/aromatic N) is 1. The van der Waals surface area contributed by atoms with Gasteiger partial charge in [-0.1, -0.05) is 0 Å². The molecule has 0 aromatic carbocycles. The SMILES string of the molecule is NC(=O)CC1CC2CCCN(C2)N1. The van der Waals surface area contributed by atoms with Gasteiger partial charge in [-0.3, -0.25) is 10.2 Å². The van der Waals surface area contributed by atoms with Gasteiger partial charge in [0.05, 0.1) is 0 Å². The highest BCUT2D eigenvalue weighted by Gasteiger charge is 2.30. The Balaban J connectivity index is 1.90. The summed E-state index contributed by atoms with van der Waals surface area (Å²) in [5.41, 5.74) is 8.52. The zero-order valence-electron chi connectivity index (χ0n) is 7.83. The maximum absolute atomic E-state index is 10.8. The van der Waals surface area contributed by atoms with E-state index in [1.54, 1.807) is 0 Å². The summed E-state index contributed by atoms with van der Waals surface area (Å²) in [5.74, 6) is 0.582. The van der Waals surface area contributed by atoms with Crippen LogP contribution in [0.5, 0.6) is 0 Å². The lowest BCUT2D eigenvalue weighted by atomic mass is 9.89. The molecule has 2 saturated heterocycles. The summed E-state index contributed by atoms with van der Waals surface area (Å²) in [5, 5.41) is 2.24. The summed E-state index contributed by atoms with van der Waals surface area (Å²) in [6, 6.07) is 0.288.